The minimum atomic E-state index is -0.715. The van der Waals surface area contributed by atoms with Crippen LogP contribution in [0.25, 0.3) is 0 Å². The minimum absolute atomic E-state index is 0.143. The second-order valence-corrected chi connectivity index (χ2v) is 2.28. The van der Waals surface area contributed by atoms with Crippen LogP contribution in [0.3, 0.4) is 0 Å². The van der Waals surface area contributed by atoms with Crippen LogP contribution in [0.15, 0.2) is 23.8 Å². The Bertz CT molecular complexity index is 168. The van der Waals surface area contributed by atoms with Gasteiger partial charge in [-0.05, 0) is 24.5 Å². The fourth-order valence-corrected chi connectivity index (χ4v) is 0.784. The Labute approximate surface area is 52.9 Å². The second kappa shape index (κ2) is 2.29. The molecule has 0 amide bonds. The lowest BCUT2D eigenvalue weighted by Gasteiger charge is -2.07. The van der Waals surface area contributed by atoms with Gasteiger partial charge in [0.05, 0.1) is 0 Å². The van der Waals surface area contributed by atoms with Crippen LogP contribution in [0.4, 0.5) is 8.78 Å². The third-order valence-electron chi connectivity index (χ3n) is 1.33. The van der Waals surface area contributed by atoms with Gasteiger partial charge in [-0.2, -0.15) is 0 Å². The largest absolute Gasteiger partial charge is 0.204 e. The highest BCUT2D eigenvalue weighted by Gasteiger charge is 2.10. The van der Waals surface area contributed by atoms with E-state index in [9.17, 15) is 8.78 Å². The van der Waals surface area contributed by atoms with Gasteiger partial charge in [0, 0.05) is 0 Å². The molecule has 0 fully saturated rings. The van der Waals surface area contributed by atoms with E-state index in [2.05, 4.69) is 0 Å². The quantitative estimate of drug-likeness (QED) is 0.473. The Balaban J connectivity index is 2.75. The maximum atomic E-state index is 12.2. The van der Waals surface area contributed by atoms with Gasteiger partial charge in [0.1, 0.15) is 0 Å². The van der Waals surface area contributed by atoms with Gasteiger partial charge in [-0.3, -0.25) is 0 Å². The summed E-state index contributed by atoms with van der Waals surface area (Å²) in [7, 11) is 0. The van der Waals surface area contributed by atoms with Gasteiger partial charge in [-0.25, -0.2) is 8.78 Å². The van der Waals surface area contributed by atoms with Gasteiger partial charge in [-0.15, -0.1) is 0 Å². The Hall–Kier alpha value is -0.660. The summed E-state index contributed by atoms with van der Waals surface area (Å²) in [4.78, 5) is 0. The first-order chi connectivity index (χ1) is 4.20. The number of halogens is 2. The average Bonchev–Trinajstić information content (AvgIpc) is 1.80. The number of rotatable bonds is 0. The third-order valence-corrected chi connectivity index (χ3v) is 1.33. The molecule has 0 saturated carbocycles. The van der Waals surface area contributed by atoms with Crippen molar-refractivity contribution in [2.75, 3.05) is 0 Å². The Morgan fingerprint density at radius 2 is 2.11 bits per heavy atom. The van der Waals surface area contributed by atoms with Gasteiger partial charge in [0.25, 0.3) is 0 Å². The van der Waals surface area contributed by atoms with Crippen molar-refractivity contribution in [2.24, 2.45) is 5.92 Å². The van der Waals surface area contributed by atoms with Crippen LogP contribution in [0.5, 0.6) is 0 Å². The molecule has 1 aliphatic rings. The van der Waals surface area contributed by atoms with E-state index in [1.165, 1.54) is 12.2 Å². The molecular formula is C7H8F2. The van der Waals surface area contributed by atoms with Crippen molar-refractivity contribution in [2.45, 2.75) is 13.3 Å². The lowest BCUT2D eigenvalue weighted by Crippen LogP contribution is -1.94. The molecule has 0 saturated heterocycles. The van der Waals surface area contributed by atoms with Crippen molar-refractivity contribution in [1.82, 2.24) is 0 Å². The molecule has 0 aromatic heterocycles. The molecule has 9 heavy (non-hydrogen) atoms. The number of hydrogen-bond acceptors (Lipinski definition) is 0. The van der Waals surface area contributed by atoms with Crippen LogP contribution in [0, 0.1) is 5.92 Å². The molecule has 1 aliphatic carbocycles. The lowest BCUT2D eigenvalue weighted by molar-refractivity contribution is 0.511. The summed E-state index contributed by atoms with van der Waals surface area (Å²) < 4.78 is 24.4. The second-order valence-electron chi connectivity index (χ2n) is 2.28. The van der Waals surface area contributed by atoms with Crippen LogP contribution in [-0.4, -0.2) is 0 Å². The molecule has 1 unspecified atom stereocenters. The van der Waals surface area contributed by atoms with Gasteiger partial charge in [0.2, 0.25) is 0 Å². The maximum Gasteiger partial charge on any atom is 0.154 e. The Kier molecular flexibility index (Phi) is 1.65. The number of hydrogen-bond donors (Lipinski definition) is 0. The van der Waals surface area contributed by atoms with Crippen molar-refractivity contribution < 1.29 is 8.78 Å². The molecule has 0 aliphatic heterocycles. The summed E-state index contributed by atoms with van der Waals surface area (Å²) in [5.41, 5.74) is 0. The van der Waals surface area contributed by atoms with E-state index >= 15 is 0 Å². The third kappa shape index (κ3) is 1.37. The molecule has 0 bridgehead atoms. The smallest absolute Gasteiger partial charge is 0.154 e. The van der Waals surface area contributed by atoms with Crippen molar-refractivity contribution in [1.29, 1.82) is 0 Å². The molecule has 50 valence electrons. The molecule has 0 heterocycles. The predicted octanol–water partition coefficient (Wildman–Crippen LogP) is 2.73. The molecule has 0 spiro atoms. The summed E-state index contributed by atoms with van der Waals surface area (Å²) >= 11 is 0. The monoisotopic (exact) mass is 130 g/mol. The van der Waals surface area contributed by atoms with E-state index in [-0.39, 0.29) is 5.92 Å². The van der Waals surface area contributed by atoms with Crippen LogP contribution < -0.4 is 0 Å². The first-order valence-electron chi connectivity index (χ1n) is 2.93. The zero-order chi connectivity index (χ0) is 6.85. The minimum Gasteiger partial charge on any atom is -0.204 e. The van der Waals surface area contributed by atoms with Crippen molar-refractivity contribution >= 4 is 0 Å². The Morgan fingerprint density at radius 1 is 1.44 bits per heavy atom. The predicted molar refractivity (Wildman–Crippen MR) is 32.2 cm³/mol. The molecule has 0 aromatic carbocycles. The summed E-state index contributed by atoms with van der Waals surface area (Å²) in [6, 6.07) is 0. The van der Waals surface area contributed by atoms with E-state index in [1.807, 2.05) is 6.92 Å². The summed E-state index contributed by atoms with van der Waals surface area (Å²) in [5, 5.41) is 0. The summed E-state index contributed by atoms with van der Waals surface area (Å²) in [6.45, 7) is 1.85. The lowest BCUT2D eigenvalue weighted by atomic mass is 10.0. The topological polar surface area (TPSA) is 0 Å². The zero-order valence-corrected chi connectivity index (χ0v) is 5.20. The summed E-state index contributed by atoms with van der Waals surface area (Å²) in [6.07, 6.45) is 3.19. The molecular weight excluding hydrogens is 122 g/mol. The first kappa shape index (κ1) is 6.46. The van der Waals surface area contributed by atoms with Crippen LogP contribution in [0.1, 0.15) is 13.3 Å². The molecule has 0 aromatic rings. The summed E-state index contributed by atoms with van der Waals surface area (Å²) in [5.74, 6) is -1.29. The first-order valence-corrected chi connectivity index (χ1v) is 2.93. The average molecular weight is 130 g/mol. The SMILES string of the molecule is CC1C=C(F)C(F)=CC1. The van der Waals surface area contributed by atoms with Gasteiger partial charge in [0.15, 0.2) is 11.7 Å². The highest BCUT2D eigenvalue weighted by molar-refractivity contribution is 5.23. The molecule has 2 heteroatoms. The standard InChI is InChI=1S/C7H8F2/c1-5-2-3-6(8)7(9)4-5/h3-5H,2H2,1H3. The molecule has 1 rings (SSSR count). The molecule has 0 radical (unpaired) electrons. The van der Waals surface area contributed by atoms with E-state index in [0.29, 0.717) is 6.42 Å². The van der Waals surface area contributed by atoms with E-state index in [0.717, 1.165) is 0 Å². The van der Waals surface area contributed by atoms with E-state index < -0.39 is 11.7 Å². The molecule has 0 nitrogen and oxygen atoms in total. The van der Waals surface area contributed by atoms with Crippen LogP contribution in [0.2, 0.25) is 0 Å². The Morgan fingerprint density at radius 3 is 2.56 bits per heavy atom. The maximum absolute atomic E-state index is 12.2. The van der Waals surface area contributed by atoms with E-state index in [1.54, 1.807) is 0 Å². The number of allylic oxidation sites excluding steroid dienone is 4. The molecule has 0 N–H and O–H groups in total. The van der Waals surface area contributed by atoms with Crippen LogP contribution >= 0.6 is 0 Å². The zero-order valence-electron chi connectivity index (χ0n) is 5.20. The normalized spacial score (nSPS) is 27.2. The van der Waals surface area contributed by atoms with Crippen molar-refractivity contribution in [3.05, 3.63) is 23.8 Å². The van der Waals surface area contributed by atoms with Crippen molar-refractivity contribution in [3.8, 4) is 0 Å². The van der Waals surface area contributed by atoms with Gasteiger partial charge in [-0.1, -0.05) is 6.92 Å². The fourth-order valence-electron chi connectivity index (χ4n) is 0.784. The van der Waals surface area contributed by atoms with Gasteiger partial charge < -0.3 is 0 Å². The van der Waals surface area contributed by atoms with Gasteiger partial charge >= 0.3 is 0 Å². The van der Waals surface area contributed by atoms with Crippen molar-refractivity contribution in [3.63, 3.8) is 0 Å². The van der Waals surface area contributed by atoms with E-state index in [4.69, 9.17) is 0 Å². The highest BCUT2D eigenvalue weighted by Crippen LogP contribution is 2.23. The fraction of sp³-hybridized carbons (Fsp3) is 0.429. The molecule has 1 atom stereocenters. The highest BCUT2D eigenvalue weighted by atomic mass is 19.2. The van der Waals surface area contributed by atoms with Crippen LogP contribution in [-0.2, 0) is 0 Å².